The summed E-state index contributed by atoms with van der Waals surface area (Å²) in [6.45, 7) is 1.71. The predicted octanol–water partition coefficient (Wildman–Crippen LogP) is 1.57. The number of aromatic carboxylic acids is 1. The number of nitrogens with zero attached hydrogens (tertiary/aromatic N) is 1. The van der Waals surface area contributed by atoms with Crippen LogP contribution in [0.2, 0.25) is 0 Å². The van der Waals surface area contributed by atoms with Crippen molar-refractivity contribution in [2.45, 2.75) is 11.8 Å². The van der Waals surface area contributed by atoms with Gasteiger partial charge in [-0.25, -0.2) is 13.2 Å². The maximum Gasteiger partial charge on any atom is 0.371 e. The third-order valence-electron chi connectivity index (χ3n) is 2.10. The van der Waals surface area contributed by atoms with Gasteiger partial charge in [-0.15, -0.1) is 0 Å². The lowest BCUT2D eigenvalue weighted by molar-refractivity contribution is 0.0661. The zero-order valence-corrected chi connectivity index (χ0v) is 11.9. The van der Waals surface area contributed by atoms with Gasteiger partial charge in [0, 0.05) is 17.8 Å². The number of rotatable bonds is 4. The molecular formula is C9H8BrN3O5S. The third-order valence-corrected chi connectivity index (χ3v) is 4.31. The summed E-state index contributed by atoms with van der Waals surface area (Å²) in [5, 5.41) is 15.0. The second-order valence-corrected chi connectivity index (χ2v) is 5.97. The normalized spacial score (nSPS) is 11.5. The van der Waals surface area contributed by atoms with Gasteiger partial charge in [0.25, 0.3) is 10.0 Å². The van der Waals surface area contributed by atoms with E-state index in [2.05, 4.69) is 30.8 Å². The van der Waals surface area contributed by atoms with Crippen LogP contribution in [0.5, 0.6) is 0 Å². The smallest absolute Gasteiger partial charge is 0.371 e. The first-order valence-electron chi connectivity index (χ1n) is 4.87. The number of anilines is 1. The number of halogens is 1. The number of aromatic nitrogens is 2. The minimum atomic E-state index is -3.98. The molecule has 0 aliphatic heterocycles. The van der Waals surface area contributed by atoms with Gasteiger partial charge in [0.15, 0.2) is 10.5 Å². The maximum absolute atomic E-state index is 12.0. The first kappa shape index (κ1) is 13.6. The average molecular weight is 350 g/mol. The van der Waals surface area contributed by atoms with Crippen molar-refractivity contribution in [3.63, 3.8) is 0 Å². The monoisotopic (exact) mass is 349 g/mol. The number of furan rings is 1. The lowest BCUT2D eigenvalue weighted by Crippen LogP contribution is -2.13. The largest absolute Gasteiger partial charge is 0.475 e. The van der Waals surface area contributed by atoms with Crippen LogP contribution < -0.4 is 4.72 Å². The molecule has 0 fully saturated rings. The van der Waals surface area contributed by atoms with Crippen molar-refractivity contribution in [1.29, 1.82) is 0 Å². The summed E-state index contributed by atoms with van der Waals surface area (Å²) in [4.78, 5) is 10.4. The summed E-state index contributed by atoms with van der Waals surface area (Å²) in [6.07, 6.45) is 0. The van der Waals surface area contributed by atoms with Crippen molar-refractivity contribution >= 4 is 37.7 Å². The van der Waals surface area contributed by atoms with Crippen molar-refractivity contribution in [1.82, 2.24) is 10.2 Å². The number of nitrogens with one attached hydrogen (secondary N) is 2. The minimum absolute atomic E-state index is 0.0995. The van der Waals surface area contributed by atoms with Gasteiger partial charge in [-0.2, -0.15) is 5.10 Å². The highest BCUT2D eigenvalue weighted by Crippen LogP contribution is 2.27. The number of carboxylic acids is 1. The molecular weight excluding hydrogens is 342 g/mol. The zero-order chi connectivity index (χ0) is 14.2. The van der Waals surface area contributed by atoms with Crippen LogP contribution in [0.3, 0.4) is 0 Å². The fourth-order valence-electron chi connectivity index (χ4n) is 1.30. The van der Waals surface area contributed by atoms with E-state index >= 15 is 0 Å². The number of sulfonamides is 1. The Morgan fingerprint density at radius 1 is 1.53 bits per heavy atom. The van der Waals surface area contributed by atoms with Crippen molar-refractivity contribution in [3.8, 4) is 0 Å². The van der Waals surface area contributed by atoms with Crippen LogP contribution >= 0.6 is 15.9 Å². The Bertz CT molecular complexity index is 733. The van der Waals surface area contributed by atoms with E-state index in [0.29, 0.717) is 5.69 Å². The quantitative estimate of drug-likeness (QED) is 0.769. The van der Waals surface area contributed by atoms with Crippen LogP contribution in [0.15, 0.2) is 26.1 Å². The highest BCUT2D eigenvalue weighted by atomic mass is 79.9. The lowest BCUT2D eigenvalue weighted by Gasteiger charge is -2.02. The second-order valence-electron chi connectivity index (χ2n) is 3.60. The standard InChI is InChI=1S/C9H8BrN3O5S/c1-4-2-7(12-11-4)13-19(16,17)6-3-5(9(14)15)18-8(6)10/h2-3H,1H3,(H,14,15)(H2,11,12,13). The Morgan fingerprint density at radius 2 is 2.21 bits per heavy atom. The first-order valence-corrected chi connectivity index (χ1v) is 7.14. The average Bonchev–Trinajstić information content (AvgIpc) is 2.85. The van der Waals surface area contributed by atoms with Gasteiger partial charge in [0.05, 0.1) is 0 Å². The fourth-order valence-corrected chi connectivity index (χ4v) is 3.24. The number of carbonyl (C=O) groups is 1. The Morgan fingerprint density at radius 3 is 2.68 bits per heavy atom. The summed E-state index contributed by atoms with van der Waals surface area (Å²) in [5.74, 6) is -1.74. The van der Waals surface area contributed by atoms with Crippen LogP contribution in [0.1, 0.15) is 16.2 Å². The van der Waals surface area contributed by atoms with Crippen molar-refractivity contribution < 1.29 is 22.7 Å². The Kier molecular flexibility index (Phi) is 3.37. The minimum Gasteiger partial charge on any atom is -0.475 e. The molecule has 3 N–H and O–H groups in total. The SMILES string of the molecule is Cc1cc(NS(=O)(=O)c2cc(C(=O)O)oc2Br)n[nH]1. The predicted molar refractivity (Wildman–Crippen MR) is 67.5 cm³/mol. The molecule has 2 rings (SSSR count). The second kappa shape index (κ2) is 4.70. The zero-order valence-electron chi connectivity index (χ0n) is 9.47. The summed E-state index contributed by atoms with van der Waals surface area (Å²) < 4.78 is 30.8. The van der Waals surface area contributed by atoms with E-state index < -0.39 is 21.8 Å². The van der Waals surface area contributed by atoms with Crippen LogP contribution in [0, 0.1) is 6.92 Å². The fraction of sp³-hybridized carbons (Fsp3) is 0.111. The molecule has 2 aromatic rings. The Labute approximate surface area is 116 Å². The van der Waals surface area contributed by atoms with Crippen molar-refractivity contribution in [3.05, 3.63) is 28.3 Å². The first-order chi connectivity index (χ1) is 8.79. The molecule has 0 aliphatic rings. The summed E-state index contributed by atoms with van der Waals surface area (Å²) in [7, 11) is -3.98. The molecule has 0 unspecified atom stereocenters. The van der Waals surface area contributed by atoms with Crippen LogP contribution in [-0.4, -0.2) is 29.7 Å². The lowest BCUT2D eigenvalue weighted by atomic mass is 10.5. The third kappa shape index (κ3) is 2.79. The van der Waals surface area contributed by atoms with Gasteiger partial charge < -0.3 is 9.52 Å². The summed E-state index contributed by atoms with van der Waals surface area (Å²) in [6, 6.07) is 2.40. The Hall–Kier alpha value is -1.81. The highest BCUT2D eigenvalue weighted by Gasteiger charge is 2.25. The molecule has 0 aliphatic carbocycles. The molecule has 19 heavy (non-hydrogen) atoms. The van der Waals surface area contributed by atoms with Gasteiger partial charge in [-0.05, 0) is 22.9 Å². The van der Waals surface area contributed by atoms with E-state index in [1.54, 1.807) is 6.92 Å². The molecule has 102 valence electrons. The number of hydrogen-bond acceptors (Lipinski definition) is 5. The number of aryl methyl sites for hydroxylation is 1. The summed E-state index contributed by atoms with van der Waals surface area (Å²) in [5.41, 5.74) is 0.676. The molecule has 0 bridgehead atoms. The van der Waals surface area contributed by atoms with E-state index in [1.807, 2.05) is 0 Å². The molecule has 0 atom stereocenters. The van der Waals surface area contributed by atoms with Gasteiger partial charge in [0.2, 0.25) is 5.76 Å². The van der Waals surface area contributed by atoms with Gasteiger partial charge in [-0.3, -0.25) is 9.82 Å². The van der Waals surface area contributed by atoms with E-state index in [4.69, 9.17) is 9.52 Å². The molecule has 0 radical (unpaired) electrons. The number of carboxylic acid groups (broad SMARTS) is 1. The van der Waals surface area contributed by atoms with Crippen molar-refractivity contribution in [2.75, 3.05) is 4.72 Å². The molecule has 0 spiro atoms. The Balaban J connectivity index is 2.37. The molecule has 0 aromatic carbocycles. The van der Waals surface area contributed by atoms with Crippen LogP contribution in [0.25, 0.3) is 0 Å². The number of hydrogen-bond donors (Lipinski definition) is 3. The molecule has 8 nitrogen and oxygen atoms in total. The number of H-pyrrole nitrogens is 1. The van der Waals surface area contributed by atoms with E-state index in [0.717, 1.165) is 6.07 Å². The van der Waals surface area contributed by atoms with Gasteiger partial charge in [0.1, 0.15) is 4.90 Å². The van der Waals surface area contributed by atoms with Crippen molar-refractivity contribution in [2.24, 2.45) is 0 Å². The number of aromatic amines is 1. The summed E-state index contributed by atoms with van der Waals surface area (Å²) >= 11 is 2.86. The molecule has 2 heterocycles. The molecule has 10 heteroatoms. The van der Waals surface area contributed by atoms with E-state index in [1.165, 1.54) is 6.07 Å². The molecule has 0 saturated carbocycles. The van der Waals surface area contributed by atoms with Crippen LogP contribution in [-0.2, 0) is 10.0 Å². The van der Waals surface area contributed by atoms with Gasteiger partial charge in [-0.1, -0.05) is 0 Å². The highest BCUT2D eigenvalue weighted by molar-refractivity contribution is 9.10. The molecule has 0 amide bonds. The molecule has 0 saturated heterocycles. The molecule has 2 aromatic heterocycles. The van der Waals surface area contributed by atoms with Crippen LogP contribution in [0.4, 0.5) is 5.82 Å². The van der Waals surface area contributed by atoms with Gasteiger partial charge >= 0.3 is 5.97 Å². The maximum atomic E-state index is 12.0. The van der Waals surface area contributed by atoms with E-state index in [9.17, 15) is 13.2 Å². The van der Waals surface area contributed by atoms with E-state index in [-0.39, 0.29) is 15.4 Å². The topological polar surface area (TPSA) is 125 Å².